The lowest BCUT2D eigenvalue weighted by Crippen LogP contribution is -2.07. The topological polar surface area (TPSA) is 0 Å². The molecule has 0 aliphatic heterocycles. The third-order valence-electron chi connectivity index (χ3n) is 3.05. The Morgan fingerprint density at radius 2 is 1.32 bits per heavy atom. The molecule has 0 aliphatic carbocycles. The first kappa shape index (κ1) is 16.8. The summed E-state index contributed by atoms with van der Waals surface area (Å²) < 4.78 is 0. The Morgan fingerprint density at radius 1 is 0.737 bits per heavy atom. The van der Waals surface area contributed by atoms with Crippen LogP contribution in [0.2, 0.25) is 0 Å². The molecule has 19 heavy (non-hydrogen) atoms. The molecule has 0 heterocycles. The lowest BCUT2D eigenvalue weighted by Gasteiger charge is -2.18. The summed E-state index contributed by atoms with van der Waals surface area (Å²) in [4.78, 5) is 0. The Balaban J connectivity index is 4.53. The smallest absolute Gasteiger partial charge is 0.0136 e. The standard InChI is InChI=1S/C19H20/c1-5-9-11-12-14-16-19(15-13-10-6-2)17-18(7-3)8-4/h1-2,18-19H,7-8,15-17H2,3-4H3. The summed E-state index contributed by atoms with van der Waals surface area (Å²) in [7, 11) is 0. The van der Waals surface area contributed by atoms with Crippen molar-refractivity contribution in [3.63, 3.8) is 0 Å². The average molecular weight is 248 g/mol. The van der Waals surface area contributed by atoms with Crippen LogP contribution < -0.4 is 0 Å². The van der Waals surface area contributed by atoms with E-state index in [-0.39, 0.29) is 0 Å². The molecule has 0 nitrogen and oxygen atoms in total. The second-order valence-corrected chi connectivity index (χ2v) is 4.33. The fraction of sp³-hybridized carbons (Fsp3) is 0.474. The van der Waals surface area contributed by atoms with Crippen molar-refractivity contribution in [2.75, 3.05) is 0 Å². The second-order valence-electron chi connectivity index (χ2n) is 4.33. The molecule has 0 saturated carbocycles. The van der Waals surface area contributed by atoms with Crippen molar-refractivity contribution in [2.24, 2.45) is 11.8 Å². The Bertz CT molecular complexity index is 499. The number of rotatable bonds is 6. The molecule has 0 aromatic rings. The normalized spacial score (nSPS) is 9.53. The van der Waals surface area contributed by atoms with E-state index in [1.54, 1.807) is 0 Å². The summed E-state index contributed by atoms with van der Waals surface area (Å²) >= 11 is 0. The van der Waals surface area contributed by atoms with Crippen LogP contribution in [0.5, 0.6) is 0 Å². The third kappa shape index (κ3) is 9.50. The van der Waals surface area contributed by atoms with Crippen LogP contribution in [0.3, 0.4) is 0 Å². The summed E-state index contributed by atoms with van der Waals surface area (Å²) in [6, 6.07) is 0. The van der Waals surface area contributed by atoms with E-state index in [4.69, 9.17) is 12.8 Å². The van der Waals surface area contributed by atoms with Crippen LogP contribution in [-0.2, 0) is 0 Å². The average Bonchev–Trinajstić information content (AvgIpc) is 2.43. The zero-order valence-electron chi connectivity index (χ0n) is 11.8. The number of terminal acetylenes is 2. The first-order valence-corrected chi connectivity index (χ1v) is 6.65. The van der Waals surface area contributed by atoms with E-state index in [0.29, 0.717) is 5.92 Å². The van der Waals surface area contributed by atoms with E-state index < -0.39 is 0 Å². The summed E-state index contributed by atoms with van der Waals surface area (Å²) in [6.07, 6.45) is 15.3. The van der Waals surface area contributed by atoms with Gasteiger partial charge in [0.2, 0.25) is 0 Å². The van der Waals surface area contributed by atoms with Crippen molar-refractivity contribution in [1.29, 1.82) is 0 Å². The van der Waals surface area contributed by atoms with E-state index in [2.05, 4.69) is 61.2 Å². The van der Waals surface area contributed by atoms with Crippen LogP contribution in [0.4, 0.5) is 0 Å². The molecule has 0 spiro atoms. The van der Waals surface area contributed by atoms with Gasteiger partial charge in [-0.3, -0.25) is 0 Å². The molecule has 0 rings (SSSR count). The molecule has 0 aliphatic rings. The van der Waals surface area contributed by atoms with Crippen molar-refractivity contribution in [2.45, 2.75) is 46.0 Å². The molecule has 1 unspecified atom stereocenters. The molecule has 1 atom stereocenters. The molecule has 0 fully saturated rings. The summed E-state index contributed by atoms with van der Waals surface area (Å²) in [5.41, 5.74) is 0. The van der Waals surface area contributed by atoms with Gasteiger partial charge in [0, 0.05) is 12.8 Å². The molecule has 0 saturated heterocycles. The number of hydrogen-bond acceptors (Lipinski definition) is 0. The molecule has 0 radical (unpaired) electrons. The summed E-state index contributed by atoms with van der Waals surface area (Å²) in [5, 5.41) is 0. The highest BCUT2D eigenvalue weighted by atomic mass is 14.2. The van der Waals surface area contributed by atoms with Gasteiger partial charge in [0.05, 0.1) is 0 Å². The van der Waals surface area contributed by atoms with E-state index in [1.165, 1.54) is 12.8 Å². The van der Waals surface area contributed by atoms with Crippen LogP contribution in [0.15, 0.2) is 0 Å². The predicted molar refractivity (Wildman–Crippen MR) is 82.4 cm³/mol. The maximum Gasteiger partial charge on any atom is 0.0136 e. The Kier molecular flexibility index (Phi) is 10.8. The lowest BCUT2D eigenvalue weighted by atomic mass is 9.87. The van der Waals surface area contributed by atoms with Gasteiger partial charge < -0.3 is 0 Å². The van der Waals surface area contributed by atoms with Crippen LogP contribution in [0.25, 0.3) is 0 Å². The maximum absolute atomic E-state index is 5.13. The van der Waals surface area contributed by atoms with Gasteiger partial charge >= 0.3 is 0 Å². The summed E-state index contributed by atoms with van der Waals surface area (Å²) in [5.74, 6) is 22.4. The van der Waals surface area contributed by atoms with Gasteiger partial charge in [-0.2, -0.15) is 0 Å². The first-order valence-electron chi connectivity index (χ1n) is 6.65. The van der Waals surface area contributed by atoms with Gasteiger partial charge in [-0.25, -0.2) is 0 Å². The van der Waals surface area contributed by atoms with Crippen molar-refractivity contribution < 1.29 is 0 Å². The SMILES string of the molecule is C#CC#CC#CCC(CC#CC#C)CC(CC)CC. The quantitative estimate of drug-likeness (QED) is 0.631. The zero-order valence-corrected chi connectivity index (χ0v) is 11.8. The zero-order chi connectivity index (χ0) is 14.3. The molecular formula is C19H20. The highest BCUT2D eigenvalue weighted by Gasteiger charge is 2.12. The highest BCUT2D eigenvalue weighted by Crippen LogP contribution is 2.23. The molecule has 0 amide bonds. The molecule has 0 aromatic carbocycles. The van der Waals surface area contributed by atoms with Crippen molar-refractivity contribution >= 4 is 0 Å². The van der Waals surface area contributed by atoms with Gasteiger partial charge in [0.25, 0.3) is 0 Å². The Hall–Kier alpha value is -2.20. The molecule has 0 N–H and O–H groups in total. The van der Waals surface area contributed by atoms with Crippen LogP contribution in [-0.4, -0.2) is 0 Å². The van der Waals surface area contributed by atoms with Gasteiger partial charge in [-0.15, -0.1) is 12.8 Å². The van der Waals surface area contributed by atoms with Crippen LogP contribution in [0, 0.1) is 72.0 Å². The van der Waals surface area contributed by atoms with Crippen molar-refractivity contribution in [3.8, 4) is 60.2 Å². The number of hydrogen-bond donors (Lipinski definition) is 0. The monoisotopic (exact) mass is 248 g/mol. The van der Waals surface area contributed by atoms with E-state index in [1.807, 2.05) is 0 Å². The fourth-order valence-electron chi connectivity index (χ4n) is 1.89. The van der Waals surface area contributed by atoms with Crippen LogP contribution >= 0.6 is 0 Å². The Labute approximate surface area is 118 Å². The van der Waals surface area contributed by atoms with Gasteiger partial charge in [0.15, 0.2) is 0 Å². The predicted octanol–water partition coefficient (Wildman–Crippen LogP) is 3.49. The van der Waals surface area contributed by atoms with Crippen molar-refractivity contribution in [3.05, 3.63) is 0 Å². The van der Waals surface area contributed by atoms with E-state index in [0.717, 1.165) is 25.2 Å². The van der Waals surface area contributed by atoms with E-state index >= 15 is 0 Å². The minimum atomic E-state index is 0.464. The minimum absolute atomic E-state index is 0.464. The lowest BCUT2D eigenvalue weighted by molar-refractivity contribution is 0.361. The molecule has 96 valence electrons. The first-order chi connectivity index (χ1) is 9.28. The largest absolute Gasteiger partial charge is 0.106 e. The second kappa shape index (κ2) is 12.3. The minimum Gasteiger partial charge on any atom is -0.106 e. The van der Waals surface area contributed by atoms with E-state index in [9.17, 15) is 0 Å². The molecule has 0 bridgehead atoms. The van der Waals surface area contributed by atoms with Crippen LogP contribution in [0.1, 0.15) is 46.0 Å². The molecule has 0 heteroatoms. The fourth-order valence-corrected chi connectivity index (χ4v) is 1.89. The van der Waals surface area contributed by atoms with Gasteiger partial charge in [-0.05, 0) is 53.8 Å². The maximum atomic E-state index is 5.13. The molecule has 0 aromatic heterocycles. The summed E-state index contributed by atoms with van der Waals surface area (Å²) in [6.45, 7) is 4.45. The Morgan fingerprint density at radius 3 is 1.84 bits per heavy atom. The van der Waals surface area contributed by atoms with Crippen molar-refractivity contribution in [1.82, 2.24) is 0 Å². The highest BCUT2D eigenvalue weighted by molar-refractivity contribution is 5.33. The molecular weight excluding hydrogens is 228 g/mol. The van der Waals surface area contributed by atoms with Gasteiger partial charge in [0.1, 0.15) is 0 Å². The van der Waals surface area contributed by atoms with Gasteiger partial charge in [-0.1, -0.05) is 38.5 Å². The third-order valence-corrected chi connectivity index (χ3v) is 3.05.